The Labute approximate surface area is 110 Å². The van der Waals surface area contributed by atoms with E-state index in [2.05, 4.69) is 10.3 Å². The summed E-state index contributed by atoms with van der Waals surface area (Å²) in [5.41, 5.74) is 8.20. The van der Waals surface area contributed by atoms with Crippen LogP contribution in [-0.4, -0.2) is 10.9 Å². The molecule has 0 aliphatic carbocycles. The van der Waals surface area contributed by atoms with Crippen LogP contribution in [0.5, 0.6) is 0 Å². The minimum atomic E-state index is -0.0960. The standard InChI is InChI=1S/C13H15N3OS/c1-8-12(18-9(2)16-8)13(17)15-7-10-5-3-4-6-11(10)14/h3-6H,7,14H2,1-2H3,(H,15,17). The number of amides is 1. The molecule has 0 radical (unpaired) electrons. The number of thiazole rings is 1. The van der Waals surface area contributed by atoms with Gasteiger partial charge in [0, 0.05) is 12.2 Å². The number of nitrogens with one attached hydrogen (secondary N) is 1. The first-order chi connectivity index (χ1) is 8.58. The molecule has 0 saturated heterocycles. The van der Waals surface area contributed by atoms with Crippen molar-refractivity contribution in [1.29, 1.82) is 0 Å². The zero-order valence-corrected chi connectivity index (χ0v) is 11.2. The molecule has 1 aromatic heterocycles. The number of benzene rings is 1. The lowest BCUT2D eigenvalue weighted by Crippen LogP contribution is -2.23. The molecule has 0 aliphatic heterocycles. The van der Waals surface area contributed by atoms with Crippen LogP contribution >= 0.6 is 11.3 Å². The molecule has 0 unspecified atom stereocenters. The van der Waals surface area contributed by atoms with Crippen molar-refractivity contribution in [2.24, 2.45) is 0 Å². The Morgan fingerprint density at radius 1 is 1.39 bits per heavy atom. The molecule has 5 heteroatoms. The number of rotatable bonds is 3. The molecule has 2 aromatic rings. The van der Waals surface area contributed by atoms with E-state index in [0.29, 0.717) is 17.1 Å². The Balaban J connectivity index is 2.05. The van der Waals surface area contributed by atoms with E-state index in [0.717, 1.165) is 16.3 Å². The highest BCUT2D eigenvalue weighted by atomic mass is 32.1. The van der Waals surface area contributed by atoms with Gasteiger partial charge in [0.05, 0.1) is 10.7 Å². The molecule has 0 fully saturated rings. The minimum absolute atomic E-state index is 0.0960. The van der Waals surface area contributed by atoms with E-state index in [1.165, 1.54) is 11.3 Å². The second kappa shape index (κ2) is 5.18. The van der Waals surface area contributed by atoms with E-state index in [-0.39, 0.29) is 5.91 Å². The van der Waals surface area contributed by atoms with Crippen molar-refractivity contribution in [3.8, 4) is 0 Å². The molecule has 4 nitrogen and oxygen atoms in total. The first-order valence-corrected chi connectivity index (χ1v) is 6.45. The number of anilines is 1. The second-order valence-corrected chi connectivity index (χ2v) is 5.23. The van der Waals surface area contributed by atoms with E-state index < -0.39 is 0 Å². The van der Waals surface area contributed by atoms with Crippen LogP contribution in [0.4, 0.5) is 5.69 Å². The van der Waals surface area contributed by atoms with Crippen molar-refractivity contribution < 1.29 is 4.79 Å². The van der Waals surface area contributed by atoms with Crippen LogP contribution in [0.25, 0.3) is 0 Å². The molecule has 1 aromatic carbocycles. The molecular weight excluding hydrogens is 246 g/mol. The summed E-state index contributed by atoms with van der Waals surface area (Å²) < 4.78 is 0. The number of nitrogens with two attached hydrogens (primary N) is 1. The fourth-order valence-corrected chi connectivity index (χ4v) is 2.53. The van der Waals surface area contributed by atoms with Crippen LogP contribution in [0.3, 0.4) is 0 Å². The average Bonchev–Trinajstić information content (AvgIpc) is 2.67. The van der Waals surface area contributed by atoms with Gasteiger partial charge in [-0.25, -0.2) is 4.98 Å². The maximum Gasteiger partial charge on any atom is 0.263 e. The third kappa shape index (κ3) is 2.68. The van der Waals surface area contributed by atoms with E-state index in [1.807, 2.05) is 38.1 Å². The number of carbonyl (C=O) groups is 1. The monoisotopic (exact) mass is 261 g/mol. The second-order valence-electron chi connectivity index (χ2n) is 4.03. The highest BCUT2D eigenvalue weighted by molar-refractivity contribution is 7.13. The lowest BCUT2D eigenvalue weighted by Gasteiger charge is -2.06. The number of hydrogen-bond acceptors (Lipinski definition) is 4. The summed E-state index contributed by atoms with van der Waals surface area (Å²) in [4.78, 5) is 16.9. The lowest BCUT2D eigenvalue weighted by molar-refractivity contribution is 0.0954. The maximum atomic E-state index is 12.0. The van der Waals surface area contributed by atoms with Crippen LogP contribution in [0.15, 0.2) is 24.3 Å². The minimum Gasteiger partial charge on any atom is -0.398 e. The van der Waals surface area contributed by atoms with Gasteiger partial charge >= 0.3 is 0 Å². The first-order valence-electron chi connectivity index (χ1n) is 5.63. The molecule has 94 valence electrons. The number of carbonyl (C=O) groups excluding carboxylic acids is 1. The Morgan fingerprint density at radius 3 is 2.72 bits per heavy atom. The molecular formula is C13H15N3OS. The highest BCUT2D eigenvalue weighted by Crippen LogP contribution is 2.17. The molecule has 0 atom stereocenters. The van der Waals surface area contributed by atoms with Crippen molar-refractivity contribution in [2.75, 3.05) is 5.73 Å². The van der Waals surface area contributed by atoms with E-state index in [4.69, 9.17) is 5.73 Å². The fraction of sp³-hybridized carbons (Fsp3) is 0.231. The van der Waals surface area contributed by atoms with Gasteiger partial charge < -0.3 is 11.1 Å². The molecule has 0 saturated carbocycles. The van der Waals surface area contributed by atoms with Crippen molar-refractivity contribution in [2.45, 2.75) is 20.4 Å². The molecule has 0 spiro atoms. The maximum absolute atomic E-state index is 12.0. The van der Waals surface area contributed by atoms with E-state index in [9.17, 15) is 4.79 Å². The summed E-state index contributed by atoms with van der Waals surface area (Å²) in [6, 6.07) is 7.50. The Morgan fingerprint density at radius 2 is 2.11 bits per heavy atom. The summed E-state index contributed by atoms with van der Waals surface area (Å²) in [6.45, 7) is 4.17. The van der Waals surface area contributed by atoms with Crippen LogP contribution in [0, 0.1) is 13.8 Å². The van der Waals surface area contributed by atoms with Crippen LogP contribution < -0.4 is 11.1 Å². The number of aryl methyl sites for hydroxylation is 2. The Bertz CT molecular complexity index is 577. The van der Waals surface area contributed by atoms with Gasteiger partial charge in [-0.05, 0) is 25.5 Å². The van der Waals surface area contributed by atoms with E-state index in [1.54, 1.807) is 0 Å². The first kappa shape index (κ1) is 12.6. The van der Waals surface area contributed by atoms with Crippen molar-refractivity contribution >= 4 is 22.9 Å². The topological polar surface area (TPSA) is 68.0 Å². The smallest absolute Gasteiger partial charge is 0.263 e. The highest BCUT2D eigenvalue weighted by Gasteiger charge is 2.13. The molecule has 0 bridgehead atoms. The number of para-hydroxylation sites is 1. The predicted molar refractivity (Wildman–Crippen MR) is 73.6 cm³/mol. The molecule has 0 aliphatic rings. The quantitative estimate of drug-likeness (QED) is 0.833. The van der Waals surface area contributed by atoms with E-state index >= 15 is 0 Å². The summed E-state index contributed by atoms with van der Waals surface area (Å²) in [5, 5.41) is 3.76. The molecule has 18 heavy (non-hydrogen) atoms. The largest absolute Gasteiger partial charge is 0.398 e. The molecule has 1 amide bonds. The van der Waals surface area contributed by atoms with Crippen LogP contribution in [-0.2, 0) is 6.54 Å². The molecule has 2 rings (SSSR count). The van der Waals surface area contributed by atoms with Gasteiger partial charge in [0.2, 0.25) is 0 Å². The molecule has 1 heterocycles. The van der Waals surface area contributed by atoms with Crippen molar-refractivity contribution in [1.82, 2.24) is 10.3 Å². The van der Waals surface area contributed by atoms with Gasteiger partial charge in [-0.2, -0.15) is 0 Å². The number of hydrogen-bond donors (Lipinski definition) is 2. The number of nitrogen functional groups attached to an aromatic ring is 1. The summed E-state index contributed by atoms with van der Waals surface area (Å²) in [5.74, 6) is -0.0960. The van der Waals surface area contributed by atoms with Gasteiger partial charge in [-0.15, -0.1) is 11.3 Å². The zero-order chi connectivity index (χ0) is 13.1. The summed E-state index contributed by atoms with van der Waals surface area (Å²) >= 11 is 1.41. The molecule has 3 N–H and O–H groups in total. The predicted octanol–water partition coefficient (Wildman–Crippen LogP) is 2.27. The third-order valence-electron chi connectivity index (χ3n) is 2.60. The third-order valence-corrected chi connectivity index (χ3v) is 3.68. The lowest BCUT2D eigenvalue weighted by atomic mass is 10.2. The van der Waals surface area contributed by atoms with Gasteiger partial charge in [0.1, 0.15) is 4.88 Å². The van der Waals surface area contributed by atoms with Crippen LogP contribution in [0.1, 0.15) is 25.9 Å². The normalized spacial score (nSPS) is 10.3. The SMILES string of the molecule is Cc1nc(C)c(C(=O)NCc2ccccc2N)s1. The van der Waals surface area contributed by atoms with Crippen LogP contribution in [0.2, 0.25) is 0 Å². The Hall–Kier alpha value is -1.88. The number of nitrogens with zero attached hydrogens (tertiary/aromatic N) is 1. The Kier molecular flexibility index (Phi) is 3.62. The van der Waals surface area contributed by atoms with Crippen molar-refractivity contribution in [3.63, 3.8) is 0 Å². The van der Waals surface area contributed by atoms with Gasteiger partial charge in [-0.3, -0.25) is 4.79 Å². The average molecular weight is 261 g/mol. The van der Waals surface area contributed by atoms with Crippen molar-refractivity contribution in [3.05, 3.63) is 45.4 Å². The summed E-state index contributed by atoms with van der Waals surface area (Å²) in [6.07, 6.45) is 0. The van der Waals surface area contributed by atoms with Gasteiger partial charge in [0.15, 0.2) is 0 Å². The number of aromatic nitrogens is 1. The van der Waals surface area contributed by atoms with Gasteiger partial charge in [0.25, 0.3) is 5.91 Å². The fourth-order valence-electron chi connectivity index (χ4n) is 1.69. The zero-order valence-electron chi connectivity index (χ0n) is 10.4. The van der Waals surface area contributed by atoms with Gasteiger partial charge in [-0.1, -0.05) is 18.2 Å². The summed E-state index contributed by atoms with van der Waals surface area (Å²) in [7, 11) is 0.